The Morgan fingerprint density at radius 1 is 1.08 bits per heavy atom. The van der Waals surface area contributed by atoms with Gasteiger partial charge >= 0.3 is 0 Å². The lowest BCUT2D eigenvalue weighted by atomic mass is 10.1. The fourth-order valence-electron chi connectivity index (χ4n) is 2.45. The highest BCUT2D eigenvalue weighted by Gasteiger charge is 2.14. The molecule has 2 atom stereocenters. The smallest absolute Gasteiger partial charge is 0.234 e. The fourth-order valence-corrected chi connectivity index (χ4v) is 2.45. The van der Waals surface area contributed by atoms with E-state index in [4.69, 9.17) is 10.5 Å². The van der Waals surface area contributed by atoms with E-state index < -0.39 is 0 Å². The molecular formula is C19H25ClN2O2. The van der Waals surface area contributed by atoms with Gasteiger partial charge in [-0.05, 0) is 37.5 Å². The van der Waals surface area contributed by atoms with Gasteiger partial charge in [-0.25, -0.2) is 0 Å². The average Bonchev–Trinajstić information content (AvgIpc) is 2.54. The van der Waals surface area contributed by atoms with Crippen LogP contribution in [0.2, 0.25) is 0 Å². The quantitative estimate of drug-likeness (QED) is 0.770. The van der Waals surface area contributed by atoms with E-state index in [-0.39, 0.29) is 30.4 Å². The monoisotopic (exact) mass is 348 g/mol. The first-order valence-corrected chi connectivity index (χ1v) is 7.86. The molecule has 1 amide bonds. The SMILES string of the molecule is CC(Cc1ccccc1OCc1ccccc1)N[C@@H](C)C(N)=O.Cl. The maximum atomic E-state index is 11.1. The Labute approximate surface area is 149 Å². The first-order chi connectivity index (χ1) is 11.1. The van der Waals surface area contributed by atoms with Crippen molar-refractivity contribution in [1.82, 2.24) is 5.32 Å². The van der Waals surface area contributed by atoms with Gasteiger partial charge < -0.3 is 15.8 Å². The highest BCUT2D eigenvalue weighted by atomic mass is 35.5. The molecule has 0 saturated carbocycles. The molecule has 0 radical (unpaired) electrons. The Balaban J connectivity index is 0.00000288. The molecule has 0 spiro atoms. The van der Waals surface area contributed by atoms with E-state index in [1.165, 1.54) is 0 Å². The van der Waals surface area contributed by atoms with Gasteiger partial charge in [0.25, 0.3) is 0 Å². The topological polar surface area (TPSA) is 64.3 Å². The van der Waals surface area contributed by atoms with E-state index in [9.17, 15) is 4.79 Å². The second kappa shape index (κ2) is 9.96. The number of hydrogen-bond acceptors (Lipinski definition) is 3. The Kier molecular flexibility index (Phi) is 8.30. The number of nitrogens with one attached hydrogen (secondary N) is 1. The zero-order valence-corrected chi connectivity index (χ0v) is 14.9. The van der Waals surface area contributed by atoms with Crippen LogP contribution in [0.15, 0.2) is 54.6 Å². The van der Waals surface area contributed by atoms with E-state index in [1.54, 1.807) is 6.92 Å². The third-order valence-corrected chi connectivity index (χ3v) is 3.70. The number of halogens is 1. The van der Waals surface area contributed by atoms with Crippen LogP contribution in [0.3, 0.4) is 0 Å². The molecule has 130 valence electrons. The first-order valence-electron chi connectivity index (χ1n) is 7.86. The summed E-state index contributed by atoms with van der Waals surface area (Å²) in [6.07, 6.45) is 0.766. The summed E-state index contributed by atoms with van der Waals surface area (Å²) in [5.41, 5.74) is 7.54. The van der Waals surface area contributed by atoms with Crippen LogP contribution in [0.5, 0.6) is 5.75 Å². The van der Waals surface area contributed by atoms with E-state index in [1.807, 2.05) is 61.5 Å². The van der Waals surface area contributed by atoms with Crippen LogP contribution < -0.4 is 15.8 Å². The van der Waals surface area contributed by atoms with Gasteiger partial charge in [0.05, 0.1) is 6.04 Å². The Morgan fingerprint density at radius 2 is 1.71 bits per heavy atom. The molecule has 24 heavy (non-hydrogen) atoms. The number of rotatable bonds is 8. The first kappa shape index (κ1) is 20.0. The van der Waals surface area contributed by atoms with Gasteiger partial charge in [-0.1, -0.05) is 48.5 Å². The Morgan fingerprint density at radius 3 is 2.38 bits per heavy atom. The van der Waals surface area contributed by atoms with Crippen LogP contribution in [0.25, 0.3) is 0 Å². The summed E-state index contributed by atoms with van der Waals surface area (Å²) in [5.74, 6) is 0.530. The van der Waals surface area contributed by atoms with Crippen molar-refractivity contribution < 1.29 is 9.53 Å². The Bertz CT molecular complexity index is 634. The minimum Gasteiger partial charge on any atom is -0.489 e. The molecule has 1 unspecified atom stereocenters. The molecule has 0 aliphatic heterocycles. The van der Waals surface area contributed by atoms with Crippen molar-refractivity contribution in [2.24, 2.45) is 5.73 Å². The molecule has 0 aliphatic rings. The summed E-state index contributed by atoms with van der Waals surface area (Å²) in [5, 5.41) is 3.20. The summed E-state index contributed by atoms with van der Waals surface area (Å²) < 4.78 is 5.96. The molecule has 0 bridgehead atoms. The zero-order valence-electron chi connectivity index (χ0n) is 14.1. The number of ether oxygens (including phenoxy) is 1. The predicted octanol–water partition coefficient (Wildman–Crippen LogP) is 3.08. The Hall–Kier alpha value is -2.04. The molecule has 0 heterocycles. The van der Waals surface area contributed by atoms with Crippen molar-refractivity contribution >= 4 is 18.3 Å². The van der Waals surface area contributed by atoms with Crippen LogP contribution in [0, 0.1) is 0 Å². The molecule has 2 aromatic carbocycles. The second-order valence-electron chi connectivity index (χ2n) is 5.78. The van der Waals surface area contributed by atoms with Gasteiger partial charge in [-0.15, -0.1) is 12.4 Å². The number of benzene rings is 2. The van der Waals surface area contributed by atoms with Crippen LogP contribution in [-0.2, 0) is 17.8 Å². The van der Waals surface area contributed by atoms with Gasteiger partial charge in [0.2, 0.25) is 5.91 Å². The van der Waals surface area contributed by atoms with Crippen molar-refractivity contribution in [2.75, 3.05) is 0 Å². The average molecular weight is 349 g/mol. The second-order valence-corrected chi connectivity index (χ2v) is 5.78. The van der Waals surface area contributed by atoms with Crippen LogP contribution in [0.4, 0.5) is 0 Å². The number of carbonyl (C=O) groups excluding carboxylic acids is 1. The summed E-state index contributed by atoms with van der Waals surface area (Å²) in [4.78, 5) is 11.1. The number of primary amides is 1. The molecule has 4 nitrogen and oxygen atoms in total. The van der Waals surface area contributed by atoms with Crippen LogP contribution >= 0.6 is 12.4 Å². The lowest BCUT2D eigenvalue weighted by Gasteiger charge is -2.19. The van der Waals surface area contributed by atoms with Crippen molar-refractivity contribution in [3.63, 3.8) is 0 Å². The van der Waals surface area contributed by atoms with Crippen molar-refractivity contribution in [3.8, 4) is 5.75 Å². The molecule has 0 fully saturated rings. The molecule has 5 heteroatoms. The molecule has 3 N–H and O–H groups in total. The maximum Gasteiger partial charge on any atom is 0.234 e. The highest BCUT2D eigenvalue weighted by Crippen LogP contribution is 2.21. The number of para-hydroxylation sites is 1. The van der Waals surface area contributed by atoms with Gasteiger partial charge in [0.15, 0.2) is 0 Å². The highest BCUT2D eigenvalue weighted by molar-refractivity contribution is 5.85. The summed E-state index contributed by atoms with van der Waals surface area (Å²) in [7, 11) is 0. The predicted molar refractivity (Wildman–Crippen MR) is 99.4 cm³/mol. The summed E-state index contributed by atoms with van der Waals surface area (Å²) >= 11 is 0. The molecular weight excluding hydrogens is 324 g/mol. The maximum absolute atomic E-state index is 11.1. The van der Waals surface area contributed by atoms with Gasteiger partial charge in [-0.2, -0.15) is 0 Å². The molecule has 0 saturated heterocycles. The lowest BCUT2D eigenvalue weighted by Crippen LogP contribution is -2.44. The summed E-state index contributed by atoms with van der Waals surface area (Å²) in [6, 6.07) is 17.8. The zero-order chi connectivity index (χ0) is 16.7. The molecule has 0 aromatic heterocycles. The number of hydrogen-bond donors (Lipinski definition) is 2. The van der Waals surface area contributed by atoms with E-state index in [2.05, 4.69) is 5.32 Å². The number of nitrogens with two attached hydrogens (primary N) is 1. The van der Waals surface area contributed by atoms with Crippen molar-refractivity contribution in [3.05, 3.63) is 65.7 Å². The van der Waals surface area contributed by atoms with E-state index in [0.29, 0.717) is 6.61 Å². The van der Waals surface area contributed by atoms with Crippen LogP contribution in [-0.4, -0.2) is 18.0 Å². The molecule has 2 rings (SSSR count). The minimum absolute atomic E-state index is 0. The van der Waals surface area contributed by atoms with Gasteiger partial charge in [0, 0.05) is 6.04 Å². The third kappa shape index (κ3) is 6.22. The number of amides is 1. The van der Waals surface area contributed by atoms with Gasteiger partial charge in [-0.3, -0.25) is 4.79 Å². The van der Waals surface area contributed by atoms with E-state index in [0.717, 1.165) is 23.3 Å². The van der Waals surface area contributed by atoms with E-state index >= 15 is 0 Å². The lowest BCUT2D eigenvalue weighted by molar-refractivity contribution is -0.119. The summed E-state index contributed by atoms with van der Waals surface area (Å²) in [6.45, 7) is 4.35. The molecule has 2 aromatic rings. The largest absolute Gasteiger partial charge is 0.489 e. The number of carbonyl (C=O) groups is 1. The van der Waals surface area contributed by atoms with Crippen molar-refractivity contribution in [1.29, 1.82) is 0 Å². The fraction of sp³-hybridized carbons (Fsp3) is 0.316. The molecule has 0 aliphatic carbocycles. The van der Waals surface area contributed by atoms with Gasteiger partial charge in [0.1, 0.15) is 12.4 Å². The van der Waals surface area contributed by atoms with Crippen LogP contribution in [0.1, 0.15) is 25.0 Å². The standard InChI is InChI=1S/C19H24N2O2.ClH/c1-14(21-15(2)19(20)22)12-17-10-6-7-11-18(17)23-13-16-8-4-3-5-9-16;/h3-11,14-15,21H,12-13H2,1-2H3,(H2,20,22);1H/t14?,15-;/m0./s1. The minimum atomic E-state index is -0.345. The normalized spacial score (nSPS) is 12.8. The third-order valence-electron chi connectivity index (χ3n) is 3.70. The van der Waals surface area contributed by atoms with Crippen molar-refractivity contribution in [2.45, 2.75) is 39.0 Å².